The van der Waals surface area contributed by atoms with Gasteiger partial charge in [-0.2, -0.15) is 0 Å². The summed E-state index contributed by atoms with van der Waals surface area (Å²) >= 11 is 0. The summed E-state index contributed by atoms with van der Waals surface area (Å²) in [7, 11) is 12.4. The maximum atomic E-state index is 4.50. The fraction of sp³-hybridized carbons (Fsp3) is 1.00. The molecule has 5 heteroatoms. The van der Waals surface area contributed by atoms with E-state index in [1.165, 1.54) is 65.5 Å². The van der Waals surface area contributed by atoms with Crippen LogP contribution in [0.4, 0.5) is 0 Å². The maximum absolute atomic E-state index is 4.50. The average Bonchev–Trinajstić information content (AvgIpc) is 2.60. The average molecular weight is 346 g/mol. The molecule has 0 radical (unpaired) electrons. The van der Waals surface area contributed by atoms with Crippen LogP contribution in [0.3, 0.4) is 0 Å². The Labute approximate surface area is 152 Å². The van der Waals surface area contributed by atoms with Crippen molar-refractivity contribution in [2.24, 2.45) is 11.7 Å². The standard InChI is InChI=1S/2C8H18N2.C2H6.CH5N/c1-9(2)8-4-6-10(3)7-5-8;1-10(2)7-8-3-5-9-6-4-8;2*1-2/h8H,4-7H2,1-3H3;8-9H,3-7H2,1-2H3;1-2H3;2H2,1H3. The molecule has 2 rings (SSSR count). The minimum Gasteiger partial charge on any atom is -0.333 e. The summed E-state index contributed by atoms with van der Waals surface area (Å²) in [4.78, 5) is 7.03. The van der Waals surface area contributed by atoms with Crippen LogP contribution >= 0.6 is 0 Å². The Bertz CT molecular complexity index is 232. The highest BCUT2D eigenvalue weighted by molar-refractivity contribution is 4.74. The third kappa shape index (κ3) is 14.2. The zero-order valence-corrected chi connectivity index (χ0v) is 17.9. The molecule has 2 aliphatic rings. The van der Waals surface area contributed by atoms with Gasteiger partial charge in [-0.05, 0) is 100 Å². The molecule has 0 aromatic carbocycles. The molecule has 3 N–H and O–H groups in total. The van der Waals surface area contributed by atoms with E-state index >= 15 is 0 Å². The van der Waals surface area contributed by atoms with Crippen molar-refractivity contribution in [3.05, 3.63) is 0 Å². The van der Waals surface area contributed by atoms with Crippen molar-refractivity contribution in [3.8, 4) is 0 Å². The number of likely N-dealkylation sites (tertiary alicyclic amines) is 1. The summed E-state index contributed by atoms with van der Waals surface area (Å²) in [6.07, 6.45) is 5.39. The Morgan fingerprint density at radius 3 is 1.75 bits per heavy atom. The third-order valence-electron chi connectivity index (χ3n) is 4.50. The van der Waals surface area contributed by atoms with Crippen LogP contribution in [0.1, 0.15) is 39.5 Å². The molecule has 5 nitrogen and oxygen atoms in total. The summed E-state index contributed by atoms with van der Waals surface area (Å²) < 4.78 is 0. The van der Waals surface area contributed by atoms with Gasteiger partial charge in [-0.3, -0.25) is 0 Å². The first-order valence-electron chi connectivity index (χ1n) is 9.77. The molecule has 0 amide bonds. The molecule has 0 unspecified atom stereocenters. The number of hydrogen-bond acceptors (Lipinski definition) is 5. The van der Waals surface area contributed by atoms with E-state index in [1.807, 2.05) is 13.8 Å². The first-order valence-corrected chi connectivity index (χ1v) is 9.77. The largest absolute Gasteiger partial charge is 0.333 e. The van der Waals surface area contributed by atoms with E-state index in [0.717, 1.165) is 12.0 Å². The molecule has 148 valence electrons. The van der Waals surface area contributed by atoms with Gasteiger partial charge in [-0.25, -0.2) is 0 Å². The lowest BCUT2D eigenvalue weighted by Gasteiger charge is -2.32. The monoisotopic (exact) mass is 345 g/mol. The van der Waals surface area contributed by atoms with Crippen LogP contribution in [0.2, 0.25) is 0 Å². The summed E-state index contributed by atoms with van der Waals surface area (Å²) in [5.41, 5.74) is 4.50. The van der Waals surface area contributed by atoms with E-state index in [-0.39, 0.29) is 0 Å². The van der Waals surface area contributed by atoms with Crippen molar-refractivity contribution in [3.63, 3.8) is 0 Å². The fourth-order valence-electron chi connectivity index (χ4n) is 3.09. The van der Waals surface area contributed by atoms with E-state index in [9.17, 15) is 0 Å². The first kappa shape index (κ1) is 26.0. The number of nitrogens with two attached hydrogens (primary N) is 1. The van der Waals surface area contributed by atoms with E-state index in [2.05, 4.69) is 61.0 Å². The van der Waals surface area contributed by atoms with E-state index < -0.39 is 0 Å². The van der Waals surface area contributed by atoms with Crippen molar-refractivity contribution in [2.45, 2.75) is 45.6 Å². The van der Waals surface area contributed by atoms with Crippen LogP contribution in [0.5, 0.6) is 0 Å². The lowest BCUT2D eigenvalue weighted by molar-refractivity contribution is 0.166. The molecule has 0 saturated carbocycles. The summed E-state index contributed by atoms with van der Waals surface area (Å²) in [5, 5.41) is 3.37. The van der Waals surface area contributed by atoms with Crippen molar-refractivity contribution in [1.82, 2.24) is 20.0 Å². The number of nitrogens with one attached hydrogen (secondary N) is 1. The van der Waals surface area contributed by atoms with Crippen molar-refractivity contribution in [1.29, 1.82) is 0 Å². The van der Waals surface area contributed by atoms with E-state index in [1.54, 1.807) is 0 Å². The minimum atomic E-state index is 0.830. The van der Waals surface area contributed by atoms with Gasteiger partial charge >= 0.3 is 0 Å². The lowest BCUT2D eigenvalue weighted by atomic mass is 9.98. The van der Waals surface area contributed by atoms with Crippen molar-refractivity contribution < 1.29 is 0 Å². The Morgan fingerprint density at radius 2 is 1.38 bits per heavy atom. The second-order valence-corrected chi connectivity index (χ2v) is 6.95. The Morgan fingerprint density at radius 1 is 0.917 bits per heavy atom. The van der Waals surface area contributed by atoms with Crippen molar-refractivity contribution >= 4 is 0 Å². The topological polar surface area (TPSA) is 47.8 Å². The second kappa shape index (κ2) is 17.6. The highest BCUT2D eigenvalue weighted by atomic mass is 15.2. The molecule has 0 bridgehead atoms. The molecule has 0 aliphatic carbocycles. The van der Waals surface area contributed by atoms with Crippen LogP contribution in [0.25, 0.3) is 0 Å². The first-order chi connectivity index (χ1) is 11.5. The van der Waals surface area contributed by atoms with Gasteiger partial charge in [0.15, 0.2) is 0 Å². The summed E-state index contributed by atoms with van der Waals surface area (Å²) in [6.45, 7) is 10.2. The van der Waals surface area contributed by atoms with Crippen LogP contribution in [0, 0.1) is 5.92 Å². The smallest absolute Gasteiger partial charge is 0.0113 e. The normalized spacial score (nSPS) is 19.6. The van der Waals surface area contributed by atoms with E-state index in [4.69, 9.17) is 0 Å². The van der Waals surface area contributed by atoms with Crippen LogP contribution in [-0.2, 0) is 0 Å². The predicted molar refractivity (Wildman–Crippen MR) is 110 cm³/mol. The molecule has 0 spiro atoms. The SMILES string of the molecule is CC.CN.CN(C)CC1CCNCC1.CN1CCC(N(C)C)CC1. The predicted octanol–water partition coefficient (Wildman–Crippen LogP) is 1.79. The van der Waals surface area contributed by atoms with Gasteiger partial charge in [-0.15, -0.1) is 0 Å². The molecule has 0 aromatic rings. The molecule has 2 saturated heterocycles. The molecular formula is C19H47N5. The second-order valence-electron chi connectivity index (χ2n) is 6.95. The maximum Gasteiger partial charge on any atom is 0.0113 e. The van der Waals surface area contributed by atoms with Gasteiger partial charge in [0.05, 0.1) is 0 Å². The van der Waals surface area contributed by atoms with Crippen molar-refractivity contribution in [2.75, 3.05) is 75.0 Å². The highest BCUT2D eigenvalue weighted by Crippen LogP contribution is 2.12. The Kier molecular flexibility index (Phi) is 19.1. The van der Waals surface area contributed by atoms with Crippen LogP contribution in [-0.4, -0.2) is 95.8 Å². The highest BCUT2D eigenvalue weighted by Gasteiger charge is 2.17. The molecular weight excluding hydrogens is 298 g/mol. The number of piperidine rings is 2. The van der Waals surface area contributed by atoms with E-state index in [0.29, 0.717) is 0 Å². The van der Waals surface area contributed by atoms with Gasteiger partial charge in [0.1, 0.15) is 0 Å². The molecule has 2 heterocycles. The number of rotatable bonds is 3. The van der Waals surface area contributed by atoms with Gasteiger partial charge in [-0.1, -0.05) is 13.8 Å². The zero-order chi connectivity index (χ0) is 19.0. The quantitative estimate of drug-likeness (QED) is 0.817. The molecule has 0 atom stereocenters. The molecule has 24 heavy (non-hydrogen) atoms. The molecule has 2 aliphatic heterocycles. The van der Waals surface area contributed by atoms with Gasteiger partial charge in [0.25, 0.3) is 0 Å². The van der Waals surface area contributed by atoms with Crippen LogP contribution < -0.4 is 11.1 Å². The molecule has 2 fully saturated rings. The van der Waals surface area contributed by atoms with Gasteiger partial charge < -0.3 is 25.8 Å². The number of hydrogen-bond donors (Lipinski definition) is 2. The fourth-order valence-corrected chi connectivity index (χ4v) is 3.09. The van der Waals surface area contributed by atoms with Gasteiger partial charge in [0.2, 0.25) is 0 Å². The third-order valence-corrected chi connectivity index (χ3v) is 4.50. The Hall–Kier alpha value is -0.200. The molecule has 0 aromatic heterocycles. The Balaban J connectivity index is 0. The number of nitrogens with zero attached hydrogens (tertiary/aromatic N) is 3. The zero-order valence-electron chi connectivity index (χ0n) is 17.9. The summed E-state index contributed by atoms with van der Waals surface area (Å²) in [5.74, 6) is 0.941. The lowest BCUT2D eigenvalue weighted by Crippen LogP contribution is -2.40. The van der Waals surface area contributed by atoms with Crippen LogP contribution in [0.15, 0.2) is 0 Å². The minimum absolute atomic E-state index is 0.830. The summed E-state index contributed by atoms with van der Waals surface area (Å²) in [6, 6.07) is 0.830. The van der Waals surface area contributed by atoms with Gasteiger partial charge in [0, 0.05) is 12.6 Å².